The van der Waals surface area contributed by atoms with Crippen LogP contribution in [0.25, 0.3) is 0 Å². The Balaban J connectivity index is 1.55. The fourth-order valence-corrected chi connectivity index (χ4v) is 2.87. The lowest BCUT2D eigenvalue weighted by atomic mass is 10.1. The van der Waals surface area contributed by atoms with Crippen LogP contribution in [0.5, 0.6) is 0 Å². The second-order valence-electron chi connectivity index (χ2n) is 6.45. The molecule has 1 aromatic rings. The molecule has 3 nitrogen and oxygen atoms in total. The van der Waals surface area contributed by atoms with Crippen LogP contribution in [0.2, 0.25) is 0 Å². The van der Waals surface area contributed by atoms with Crippen molar-refractivity contribution in [2.75, 3.05) is 50.7 Å². The predicted octanol–water partition coefficient (Wildman–Crippen LogP) is 2.83. The third-order valence-corrected chi connectivity index (χ3v) is 4.23. The van der Waals surface area contributed by atoms with Gasteiger partial charge in [-0.2, -0.15) is 0 Å². The quantitative estimate of drug-likeness (QED) is 0.743. The van der Waals surface area contributed by atoms with Gasteiger partial charge in [0.05, 0.1) is 0 Å². The van der Waals surface area contributed by atoms with Crippen LogP contribution in [-0.4, -0.2) is 50.7 Å². The first kappa shape index (κ1) is 16.3. The highest BCUT2D eigenvalue weighted by atomic mass is 15.3. The van der Waals surface area contributed by atoms with Gasteiger partial charge in [0.25, 0.3) is 0 Å². The largest absolute Gasteiger partial charge is 0.369 e. The Hall–Kier alpha value is -1.06. The standard InChI is InChI=1S/C18H31N3/c1-17(2)7-6-10-19-11-12-20-13-15-21(16-14-20)18-8-4-3-5-9-18/h3-5,8-9,17,19H,6-7,10-16H2,1-2H3. The van der Waals surface area contributed by atoms with Crippen molar-refractivity contribution in [2.45, 2.75) is 26.7 Å². The lowest BCUT2D eigenvalue weighted by molar-refractivity contribution is 0.257. The highest BCUT2D eigenvalue weighted by molar-refractivity contribution is 5.46. The number of piperazine rings is 1. The molecule has 0 amide bonds. The molecular formula is C18H31N3. The van der Waals surface area contributed by atoms with E-state index in [0.717, 1.165) is 25.6 Å². The Labute approximate surface area is 130 Å². The molecule has 1 aliphatic heterocycles. The highest BCUT2D eigenvalue weighted by Gasteiger charge is 2.16. The number of hydrogen-bond donors (Lipinski definition) is 1. The van der Waals surface area contributed by atoms with E-state index in [0.29, 0.717) is 0 Å². The van der Waals surface area contributed by atoms with Crippen molar-refractivity contribution in [2.24, 2.45) is 5.92 Å². The van der Waals surface area contributed by atoms with Crippen molar-refractivity contribution in [3.63, 3.8) is 0 Å². The summed E-state index contributed by atoms with van der Waals surface area (Å²) >= 11 is 0. The number of rotatable bonds is 8. The summed E-state index contributed by atoms with van der Waals surface area (Å²) in [4.78, 5) is 5.07. The van der Waals surface area contributed by atoms with E-state index in [4.69, 9.17) is 0 Å². The summed E-state index contributed by atoms with van der Waals surface area (Å²) in [5.74, 6) is 0.831. The van der Waals surface area contributed by atoms with Gasteiger partial charge in [0.15, 0.2) is 0 Å². The third-order valence-electron chi connectivity index (χ3n) is 4.23. The van der Waals surface area contributed by atoms with Crippen LogP contribution in [0.15, 0.2) is 30.3 Å². The molecular weight excluding hydrogens is 258 g/mol. The minimum Gasteiger partial charge on any atom is -0.369 e. The summed E-state index contributed by atoms with van der Waals surface area (Å²) in [6.07, 6.45) is 2.64. The summed E-state index contributed by atoms with van der Waals surface area (Å²) < 4.78 is 0. The smallest absolute Gasteiger partial charge is 0.0367 e. The zero-order chi connectivity index (χ0) is 14.9. The lowest BCUT2D eigenvalue weighted by Crippen LogP contribution is -2.48. The van der Waals surface area contributed by atoms with Gasteiger partial charge in [-0.1, -0.05) is 32.0 Å². The molecule has 0 aliphatic carbocycles. The maximum absolute atomic E-state index is 3.58. The van der Waals surface area contributed by atoms with Crippen molar-refractivity contribution >= 4 is 5.69 Å². The van der Waals surface area contributed by atoms with Gasteiger partial charge >= 0.3 is 0 Å². The molecule has 0 bridgehead atoms. The summed E-state index contributed by atoms with van der Waals surface area (Å²) in [7, 11) is 0. The first-order valence-electron chi connectivity index (χ1n) is 8.49. The van der Waals surface area contributed by atoms with E-state index in [-0.39, 0.29) is 0 Å². The molecule has 3 heteroatoms. The third kappa shape index (κ3) is 6.06. The topological polar surface area (TPSA) is 18.5 Å². The van der Waals surface area contributed by atoms with E-state index in [9.17, 15) is 0 Å². The molecule has 0 aromatic heterocycles. The molecule has 21 heavy (non-hydrogen) atoms. The number of para-hydroxylation sites is 1. The SMILES string of the molecule is CC(C)CCCNCCN1CCN(c2ccccc2)CC1. The minimum atomic E-state index is 0.831. The van der Waals surface area contributed by atoms with Crippen LogP contribution in [0.3, 0.4) is 0 Å². The van der Waals surface area contributed by atoms with Gasteiger partial charge in [0, 0.05) is 45.0 Å². The summed E-state index contributed by atoms with van der Waals surface area (Å²) in [6, 6.07) is 10.8. The molecule has 0 atom stereocenters. The molecule has 1 heterocycles. The van der Waals surface area contributed by atoms with Crippen molar-refractivity contribution in [3.05, 3.63) is 30.3 Å². The van der Waals surface area contributed by atoms with Crippen molar-refractivity contribution in [1.82, 2.24) is 10.2 Å². The molecule has 1 fully saturated rings. The number of nitrogens with zero attached hydrogens (tertiary/aromatic N) is 2. The zero-order valence-electron chi connectivity index (χ0n) is 13.7. The predicted molar refractivity (Wildman–Crippen MR) is 92.0 cm³/mol. The van der Waals surface area contributed by atoms with Gasteiger partial charge in [-0.15, -0.1) is 0 Å². The summed E-state index contributed by atoms with van der Waals surface area (Å²) in [5.41, 5.74) is 1.36. The van der Waals surface area contributed by atoms with E-state index in [2.05, 4.69) is 59.3 Å². The van der Waals surface area contributed by atoms with E-state index in [1.807, 2.05) is 0 Å². The Morgan fingerprint density at radius 3 is 2.38 bits per heavy atom. The number of benzene rings is 1. The van der Waals surface area contributed by atoms with E-state index < -0.39 is 0 Å². The molecule has 0 saturated carbocycles. The van der Waals surface area contributed by atoms with E-state index in [1.54, 1.807) is 0 Å². The van der Waals surface area contributed by atoms with Crippen molar-refractivity contribution in [1.29, 1.82) is 0 Å². The number of nitrogens with one attached hydrogen (secondary N) is 1. The molecule has 1 aromatic carbocycles. The van der Waals surface area contributed by atoms with Crippen LogP contribution in [-0.2, 0) is 0 Å². The molecule has 0 unspecified atom stereocenters. The molecule has 0 radical (unpaired) electrons. The molecule has 2 rings (SSSR count). The Morgan fingerprint density at radius 2 is 1.71 bits per heavy atom. The lowest BCUT2D eigenvalue weighted by Gasteiger charge is -2.36. The van der Waals surface area contributed by atoms with Gasteiger partial charge in [-0.25, -0.2) is 0 Å². The number of hydrogen-bond acceptors (Lipinski definition) is 3. The Bertz CT molecular complexity index is 369. The fourth-order valence-electron chi connectivity index (χ4n) is 2.87. The summed E-state index contributed by atoms with van der Waals surface area (Å²) in [5, 5.41) is 3.58. The molecule has 118 valence electrons. The van der Waals surface area contributed by atoms with E-state index >= 15 is 0 Å². The molecule has 1 aliphatic rings. The maximum Gasteiger partial charge on any atom is 0.0367 e. The normalized spacial score (nSPS) is 16.6. The number of anilines is 1. The highest BCUT2D eigenvalue weighted by Crippen LogP contribution is 2.15. The first-order chi connectivity index (χ1) is 10.3. The van der Waals surface area contributed by atoms with Gasteiger partial charge in [-0.3, -0.25) is 4.90 Å². The maximum atomic E-state index is 3.58. The second kappa shape index (κ2) is 9.06. The first-order valence-corrected chi connectivity index (χ1v) is 8.49. The van der Waals surface area contributed by atoms with E-state index in [1.165, 1.54) is 44.7 Å². The van der Waals surface area contributed by atoms with Gasteiger partial charge in [0.2, 0.25) is 0 Å². The van der Waals surface area contributed by atoms with Crippen LogP contribution in [0.1, 0.15) is 26.7 Å². The Morgan fingerprint density at radius 1 is 1.00 bits per heavy atom. The van der Waals surface area contributed by atoms with Gasteiger partial charge < -0.3 is 10.2 Å². The summed E-state index contributed by atoms with van der Waals surface area (Å²) in [6.45, 7) is 12.7. The monoisotopic (exact) mass is 289 g/mol. The van der Waals surface area contributed by atoms with Crippen molar-refractivity contribution < 1.29 is 0 Å². The van der Waals surface area contributed by atoms with Crippen LogP contribution in [0, 0.1) is 5.92 Å². The molecule has 1 saturated heterocycles. The molecule has 0 spiro atoms. The molecule has 1 N–H and O–H groups in total. The second-order valence-corrected chi connectivity index (χ2v) is 6.45. The average Bonchev–Trinajstić information content (AvgIpc) is 2.52. The van der Waals surface area contributed by atoms with Crippen LogP contribution < -0.4 is 10.2 Å². The van der Waals surface area contributed by atoms with Crippen LogP contribution >= 0.6 is 0 Å². The zero-order valence-corrected chi connectivity index (χ0v) is 13.7. The van der Waals surface area contributed by atoms with Gasteiger partial charge in [0.1, 0.15) is 0 Å². The Kier molecular flexibility index (Phi) is 7.04. The minimum absolute atomic E-state index is 0.831. The van der Waals surface area contributed by atoms with Crippen LogP contribution in [0.4, 0.5) is 5.69 Å². The average molecular weight is 289 g/mol. The van der Waals surface area contributed by atoms with Gasteiger partial charge in [-0.05, 0) is 37.4 Å². The van der Waals surface area contributed by atoms with Crippen molar-refractivity contribution in [3.8, 4) is 0 Å². The fraction of sp³-hybridized carbons (Fsp3) is 0.667.